The van der Waals surface area contributed by atoms with Crippen molar-refractivity contribution in [2.24, 2.45) is 0 Å². The van der Waals surface area contributed by atoms with E-state index in [-0.39, 0.29) is 5.91 Å². The Kier molecular flexibility index (Phi) is 4.99. The number of carbonyl (C=O) groups is 1. The summed E-state index contributed by atoms with van der Waals surface area (Å²) in [5, 5.41) is 6.81. The van der Waals surface area contributed by atoms with Crippen LogP contribution in [0.5, 0.6) is 0 Å². The van der Waals surface area contributed by atoms with Gasteiger partial charge in [0.05, 0.1) is 6.54 Å². The molecule has 0 bridgehead atoms. The highest BCUT2D eigenvalue weighted by Gasteiger charge is 2.12. The molecule has 1 fully saturated rings. The van der Waals surface area contributed by atoms with Crippen LogP contribution in [0.2, 0.25) is 5.02 Å². The molecule has 4 nitrogen and oxygen atoms in total. The Morgan fingerprint density at radius 2 is 2.28 bits per heavy atom. The van der Waals surface area contributed by atoms with Gasteiger partial charge in [-0.25, -0.2) is 0 Å². The monoisotopic (exact) mass is 267 g/mol. The van der Waals surface area contributed by atoms with E-state index in [1.807, 2.05) is 12.1 Å². The number of benzene rings is 1. The number of halogens is 1. The number of amides is 1. The minimum atomic E-state index is 0.0131. The summed E-state index contributed by atoms with van der Waals surface area (Å²) in [6, 6.07) is 7.21. The van der Waals surface area contributed by atoms with Crippen molar-refractivity contribution in [3.63, 3.8) is 0 Å². The molecule has 0 saturated carbocycles. The summed E-state index contributed by atoms with van der Waals surface area (Å²) < 4.78 is 0. The van der Waals surface area contributed by atoms with Gasteiger partial charge in [-0.05, 0) is 37.7 Å². The number of nitrogens with zero attached hydrogens (tertiary/aromatic N) is 1. The normalized spacial score (nSPS) is 17.2. The van der Waals surface area contributed by atoms with Crippen molar-refractivity contribution in [1.29, 1.82) is 0 Å². The van der Waals surface area contributed by atoms with Crippen LogP contribution in [-0.4, -0.2) is 43.5 Å². The third-order valence-corrected chi connectivity index (χ3v) is 3.14. The molecule has 5 heteroatoms. The van der Waals surface area contributed by atoms with Crippen LogP contribution in [0.15, 0.2) is 24.3 Å². The number of nitrogens with one attached hydrogen (secondary N) is 2. The van der Waals surface area contributed by atoms with E-state index in [1.54, 1.807) is 12.1 Å². The molecular weight excluding hydrogens is 250 g/mol. The maximum Gasteiger partial charge on any atom is 0.238 e. The van der Waals surface area contributed by atoms with Gasteiger partial charge < -0.3 is 10.6 Å². The quantitative estimate of drug-likeness (QED) is 0.874. The summed E-state index contributed by atoms with van der Waals surface area (Å²) in [5.41, 5.74) is 0.750. The molecule has 0 radical (unpaired) electrons. The average molecular weight is 268 g/mol. The molecule has 0 aliphatic carbocycles. The Balaban J connectivity index is 1.84. The maximum atomic E-state index is 11.9. The van der Waals surface area contributed by atoms with Gasteiger partial charge in [-0.1, -0.05) is 17.7 Å². The number of hydrogen-bond acceptors (Lipinski definition) is 3. The van der Waals surface area contributed by atoms with E-state index >= 15 is 0 Å². The van der Waals surface area contributed by atoms with Crippen LogP contribution < -0.4 is 10.6 Å². The molecule has 1 saturated heterocycles. The van der Waals surface area contributed by atoms with Crippen molar-refractivity contribution >= 4 is 23.2 Å². The lowest BCUT2D eigenvalue weighted by molar-refractivity contribution is -0.117. The molecule has 1 aromatic rings. The summed E-state index contributed by atoms with van der Waals surface area (Å²) in [6.45, 7) is 4.31. The lowest BCUT2D eigenvalue weighted by Gasteiger charge is -2.18. The first kappa shape index (κ1) is 13.3. The first-order valence-electron chi connectivity index (χ1n) is 6.22. The van der Waals surface area contributed by atoms with Gasteiger partial charge in [-0.15, -0.1) is 0 Å². The zero-order valence-corrected chi connectivity index (χ0v) is 11.0. The molecule has 1 amide bonds. The second kappa shape index (κ2) is 6.73. The summed E-state index contributed by atoms with van der Waals surface area (Å²) in [6.07, 6.45) is 1.09. The van der Waals surface area contributed by atoms with E-state index in [2.05, 4.69) is 15.5 Å². The molecule has 1 aromatic carbocycles. The van der Waals surface area contributed by atoms with Crippen LogP contribution in [0.25, 0.3) is 0 Å². The summed E-state index contributed by atoms with van der Waals surface area (Å²) in [7, 11) is 0. The molecule has 0 atom stereocenters. The highest BCUT2D eigenvalue weighted by atomic mass is 35.5. The Hall–Kier alpha value is -1.10. The highest BCUT2D eigenvalue weighted by molar-refractivity contribution is 6.30. The molecule has 1 heterocycles. The Morgan fingerprint density at radius 3 is 3.11 bits per heavy atom. The molecule has 0 unspecified atom stereocenters. The molecule has 1 aliphatic rings. The van der Waals surface area contributed by atoms with Crippen molar-refractivity contribution in [1.82, 2.24) is 10.2 Å². The Bertz CT molecular complexity index is 403. The van der Waals surface area contributed by atoms with Crippen molar-refractivity contribution in [2.45, 2.75) is 6.42 Å². The number of rotatable bonds is 3. The fourth-order valence-corrected chi connectivity index (χ4v) is 2.22. The zero-order chi connectivity index (χ0) is 12.8. The van der Waals surface area contributed by atoms with Gasteiger partial charge in [0.25, 0.3) is 0 Å². The predicted octanol–water partition coefficient (Wildman–Crippen LogP) is 1.57. The van der Waals surface area contributed by atoms with Crippen LogP contribution in [-0.2, 0) is 4.79 Å². The van der Waals surface area contributed by atoms with Crippen LogP contribution in [0.1, 0.15) is 6.42 Å². The summed E-state index contributed by atoms with van der Waals surface area (Å²) in [4.78, 5) is 14.1. The molecule has 18 heavy (non-hydrogen) atoms. The molecule has 98 valence electrons. The van der Waals surface area contributed by atoms with Crippen LogP contribution >= 0.6 is 11.6 Å². The molecular formula is C13H18ClN3O. The number of anilines is 1. The molecule has 1 aliphatic heterocycles. The van der Waals surface area contributed by atoms with Crippen molar-refractivity contribution in [3.05, 3.63) is 29.3 Å². The van der Waals surface area contributed by atoms with Crippen molar-refractivity contribution < 1.29 is 4.79 Å². The van der Waals surface area contributed by atoms with Gasteiger partial charge >= 0.3 is 0 Å². The van der Waals surface area contributed by atoms with E-state index in [1.165, 1.54) is 0 Å². The molecule has 2 N–H and O–H groups in total. The SMILES string of the molecule is O=C(CN1CCCNCC1)Nc1cccc(Cl)c1. The van der Waals surface area contributed by atoms with Gasteiger partial charge in [0.15, 0.2) is 0 Å². The summed E-state index contributed by atoms with van der Waals surface area (Å²) in [5.74, 6) is 0.0131. The Labute approximate surface area is 112 Å². The first-order chi connectivity index (χ1) is 8.74. The second-order valence-corrected chi connectivity index (χ2v) is 4.87. The van der Waals surface area contributed by atoms with E-state index in [0.29, 0.717) is 11.6 Å². The van der Waals surface area contributed by atoms with Crippen molar-refractivity contribution in [2.75, 3.05) is 38.0 Å². The van der Waals surface area contributed by atoms with Crippen LogP contribution in [0.3, 0.4) is 0 Å². The second-order valence-electron chi connectivity index (χ2n) is 4.44. The third-order valence-electron chi connectivity index (χ3n) is 2.91. The average Bonchev–Trinajstić information content (AvgIpc) is 2.57. The van der Waals surface area contributed by atoms with Crippen LogP contribution in [0, 0.1) is 0 Å². The zero-order valence-electron chi connectivity index (χ0n) is 10.3. The van der Waals surface area contributed by atoms with Gasteiger partial charge in [0, 0.05) is 23.8 Å². The van der Waals surface area contributed by atoms with Gasteiger partial charge in [-0.3, -0.25) is 9.69 Å². The molecule has 0 aromatic heterocycles. The largest absolute Gasteiger partial charge is 0.325 e. The third kappa shape index (κ3) is 4.29. The minimum Gasteiger partial charge on any atom is -0.325 e. The fourth-order valence-electron chi connectivity index (χ4n) is 2.03. The fraction of sp³-hybridized carbons (Fsp3) is 0.462. The molecule has 0 spiro atoms. The maximum absolute atomic E-state index is 11.9. The van der Waals surface area contributed by atoms with Crippen molar-refractivity contribution in [3.8, 4) is 0 Å². The van der Waals surface area contributed by atoms with Gasteiger partial charge in [-0.2, -0.15) is 0 Å². The van der Waals surface area contributed by atoms with Gasteiger partial charge in [0.2, 0.25) is 5.91 Å². The Morgan fingerprint density at radius 1 is 1.39 bits per heavy atom. The van der Waals surface area contributed by atoms with E-state index < -0.39 is 0 Å². The first-order valence-corrected chi connectivity index (χ1v) is 6.60. The minimum absolute atomic E-state index is 0.0131. The predicted molar refractivity (Wildman–Crippen MR) is 74.0 cm³/mol. The smallest absolute Gasteiger partial charge is 0.238 e. The highest BCUT2D eigenvalue weighted by Crippen LogP contribution is 2.14. The lowest BCUT2D eigenvalue weighted by atomic mass is 10.3. The lowest BCUT2D eigenvalue weighted by Crippen LogP contribution is -2.35. The standard InChI is InChI=1S/C13H18ClN3O/c14-11-3-1-4-12(9-11)16-13(18)10-17-7-2-5-15-6-8-17/h1,3-4,9,15H,2,5-8,10H2,(H,16,18). The topological polar surface area (TPSA) is 44.4 Å². The van der Waals surface area contributed by atoms with Crippen LogP contribution in [0.4, 0.5) is 5.69 Å². The van der Waals surface area contributed by atoms with E-state index in [9.17, 15) is 4.79 Å². The molecule has 2 rings (SSSR count). The summed E-state index contributed by atoms with van der Waals surface area (Å²) >= 11 is 5.87. The number of hydrogen-bond donors (Lipinski definition) is 2. The number of carbonyl (C=O) groups excluding carboxylic acids is 1. The van der Waals surface area contributed by atoms with Gasteiger partial charge in [0.1, 0.15) is 0 Å². The van der Waals surface area contributed by atoms with E-state index in [4.69, 9.17) is 11.6 Å². The van der Waals surface area contributed by atoms with E-state index in [0.717, 1.165) is 38.3 Å².